The minimum absolute atomic E-state index is 0.279. The van der Waals surface area contributed by atoms with Crippen molar-refractivity contribution in [3.63, 3.8) is 0 Å². The molecule has 0 amide bonds. The average Bonchev–Trinajstić information content (AvgIpc) is 3.01. The summed E-state index contributed by atoms with van der Waals surface area (Å²) in [6.45, 7) is 1.25. The molecule has 218 valence electrons. The number of ether oxygens (including phenoxy) is 2. The Labute approximate surface area is 252 Å². The van der Waals surface area contributed by atoms with Gasteiger partial charge in [0.1, 0.15) is 28.8 Å². The number of aromatic nitrogens is 2. The summed E-state index contributed by atoms with van der Waals surface area (Å²) in [4.78, 5) is 9.58. The molecule has 44 heavy (non-hydrogen) atoms. The zero-order valence-corrected chi connectivity index (χ0v) is 23.6. The van der Waals surface area contributed by atoms with Gasteiger partial charge in [0.05, 0.1) is 36.5 Å². The summed E-state index contributed by atoms with van der Waals surface area (Å²) in [7, 11) is 0. The zero-order chi connectivity index (χ0) is 29.7. The van der Waals surface area contributed by atoms with Crippen molar-refractivity contribution in [2.24, 2.45) is 0 Å². The predicted octanol–water partition coefficient (Wildman–Crippen LogP) is 7.48. The molecule has 6 nitrogen and oxygen atoms in total. The monoisotopic (exact) mass is 586 g/mol. The highest BCUT2D eigenvalue weighted by Gasteiger charge is 2.52. The molecule has 8 rings (SSSR count). The lowest BCUT2D eigenvalue weighted by atomic mass is 9.78. The molecule has 4 heterocycles. The fourth-order valence-electron chi connectivity index (χ4n) is 6.27. The van der Waals surface area contributed by atoms with Crippen LogP contribution in [0.4, 0.5) is 20.2 Å². The molecule has 2 atom stereocenters. The summed E-state index contributed by atoms with van der Waals surface area (Å²) in [5.74, 6) is -0.577. The standard InChI is InChI=1S/C36H28F2N4O2/c37-27-11-9-25(10-12-27)36(42-30-14-6-23-3-2-16-39-32(23)18-30)22-44-34(36)31-15-8-24-7-13-29(19-33(24)40-31)41-35(20-43-21-35)26-4-1-5-28(38)17-26/h1-19,34,41-42H,20-22H2. The molecule has 2 unspecified atom stereocenters. The topological polar surface area (TPSA) is 68.3 Å². The minimum Gasteiger partial charge on any atom is -0.376 e. The van der Waals surface area contributed by atoms with E-state index in [2.05, 4.69) is 15.6 Å². The molecule has 0 saturated carbocycles. The van der Waals surface area contributed by atoms with E-state index in [4.69, 9.17) is 14.5 Å². The van der Waals surface area contributed by atoms with Gasteiger partial charge in [0, 0.05) is 28.3 Å². The number of fused-ring (bicyclic) bond motifs is 2. The highest BCUT2D eigenvalue weighted by Crippen LogP contribution is 2.49. The van der Waals surface area contributed by atoms with Crippen LogP contribution in [0.2, 0.25) is 0 Å². The molecule has 2 aromatic heterocycles. The molecule has 2 fully saturated rings. The Morgan fingerprint density at radius 1 is 0.659 bits per heavy atom. The molecular weight excluding hydrogens is 558 g/mol. The van der Waals surface area contributed by atoms with Crippen LogP contribution >= 0.6 is 0 Å². The first-order chi connectivity index (χ1) is 21.5. The van der Waals surface area contributed by atoms with Crippen molar-refractivity contribution in [2.45, 2.75) is 17.2 Å². The maximum Gasteiger partial charge on any atom is 0.129 e. The summed E-state index contributed by atoms with van der Waals surface area (Å²) in [6.07, 6.45) is 1.34. The van der Waals surface area contributed by atoms with Gasteiger partial charge in [-0.05, 0) is 71.8 Å². The van der Waals surface area contributed by atoms with E-state index in [0.717, 1.165) is 50.0 Å². The van der Waals surface area contributed by atoms with Crippen molar-refractivity contribution in [2.75, 3.05) is 30.5 Å². The van der Waals surface area contributed by atoms with E-state index in [1.54, 1.807) is 30.5 Å². The average molecular weight is 587 g/mol. The maximum absolute atomic E-state index is 14.1. The van der Waals surface area contributed by atoms with Crippen LogP contribution in [0.25, 0.3) is 21.8 Å². The second kappa shape index (κ2) is 10.4. The van der Waals surface area contributed by atoms with Gasteiger partial charge in [-0.3, -0.25) is 4.98 Å². The van der Waals surface area contributed by atoms with Crippen LogP contribution in [0.3, 0.4) is 0 Å². The van der Waals surface area contributed by atoms with E-state index in [0.29, 0.717) is 19.8 Å². The highest BCUT2D eigenvalue weighted by molar-refractivity contribution is 5.83. The molecule has 6 aromatic rings. The highest BCUT2D eigenvalue weighted by atomic mass is 19.1. The number of hydrogen-bond acceptors (Lipinski definition) is 6. The smallest absolute Gasteiger partial charge is 0.129 e. The second-order valence-corrected chi connectivity index (χ2v) is 11.6. The van der Waals surface area contributed by atoms with E-state index >= 15 is 0 Å². The number of nitrogens with one attached hydrogen (secondary N) is 2. The third-order valence-corrected chi connectivity index (χ3v) is 8.70. The van der Waals surface area contributed by atoms with Gasteiger partial charge in [-0.15, -0.1) is 0 Å². The summed E-state index contributed by atoms with van der Waals surface area (Å²) >= 11 is 0. The Balaban J connectivity index is 1.15. The molecule has 2 aliphatic rings. The van der Waals surface area contributed by atoms with Crippen LogP contribution in [0.5, 0.6) is 0 Å². The number of benzene rings is 4. The molecule has 2 aliphatic heterocycles. The summed E-state index contributed by atoms with van der Waals surface area (Å²) < 4.78 is 39.8. The SMILES string of the molecule is Fc1ccc(C2(Nc3ccc4cccnc4c3)COC2c2ccc3ccc(NC4(c5cccc(F)c5)COC4)cc3n2)cc1. The number of halogens is 2. The van der Waals surface area contributed by atoms with Crippen molar-refractivity contribution >= 4 is 33.2 Å². The van der Waals surface area contributed by atoms with Gasteiger partial charge in [-0.25, -0.2) is 13.8 Å². The molecule has 0 radical (unpaired) electrons. The van der Waals surface area contributed by atoms with Crippen molar-refractivity contribution in [1.29, 1.82) is 0 Å². The minimum atomic E-state index is -0.683. The first-order valence-electron chi connectivity index (χ1n) is 14.5. The van der Waals surface area contributed by atoms with E-state index in [9.17, 15) is 8.78 Å². The van der Waals surface area contributed by atoms with E-state index < -0.39 is 17.2 Å². The number of pyridine rings is 2. The lowest BCUT2D eigenvalue weighted by Crippen LogP contribution is -2.55. The maximum atomic E-state index is 14.1. The Hall–Kier alpha value is -4.92. The van der Waals surface area contributed by atoms with Crippen molar-refractivity contribution < 1.29 is 18.3 Å². The van der Waals surface area contributed by atoms with Crippen LogP contribution in [0, 0.1) is 11.6 Å². The third kappa shape index (κ3) is 4.54. The first kappa shape index (κ1) is 26.7. The number of hydrogen-bond donors (Lipinski definition) is 2. The van der Waals surface area contributed by atoms with Crippen LogP contribution in [0.1, 0.15) is 22.9 Å². The molecule has 4 aromatic carbocycles. The molecule has 2 saturated heterocycles. The molecule has 0 spiro atoms. The Kier molecular flexibility index (Phi) is 6.29. The normalized spacial score (nSPS) is 20.5. The van der Waals surface area contributed by atoms with Gasteiger partial charge in [-0.2, -0.15) is 0 Å². The Morgan fingerprint density at radius 2 is 1.41 bits per heavy atom. The van der Waals surface area contributed by atoms with Crippen LogP contribution in [-0.2, 0) is 20.6 Å². The summed E-state index contributed by atoms with van der Waals surface area (Å²) in [6, 6.07) is 33.2. The fourth-order valence-corrected chi connectivity index (χ4v) is 6.27. The Morgan fingerprint density at radius 3 is 2.14 bits per heavy atom. The van der Waals surface area contributed by atoms with Gasteiger partial charge >= 0.3 is 0 Å². The van der Waals surface area contributed by atoms with Gasteiger partial charge < -0.3 is 20.1 Å². The first-order valence-corrected chi connectivity index (χ1v) is 14.5. The number of anilines is 2. The van der Waals surface area contributed by atoms with E-state index in [1.165, 1.54) is 18.2 Å². The molecule has 8 heteroatoms. The molecule has 0 aliphatic carbocycles. The predicted molar refractivity (Wildman–Crippen MR) is 166 cm³/mol. The summed E-state index contributed by atoms with van der Waals surface area (Å²) in [5, 5.41) is 9.32. The van der Waals surface area contributed by atoms with Gasteiger partial charge in [0.25, 0.3) is 0 Å². The van der Waals surface area contributed by atoms with E-state index in [-0.39, 0.29) is 11.6 Å². The lowest BCUT2D eigenvalue weighted by molar-refractivity contribution is -0.132. The van der Waals surface area contributed by atoms with Gasteiger partial charge in [0.15, 0.2) is 0 Å². The third-order valence-electron chi connectivity index (χ3n) is 8.70. The van der Waals surface area contributed by atoms with Crippen molar-refractivity contribution in [1.82, 2.24) is 9.97 Å². The largest absolute Gasteiger partial charge is 0.376 e. The molecule has 2 N–H and O–H groups in total. The van der Waals surface area contributed by atoms with Gasteiger partial charge in [0.2, 0.25) is 0 Å². The second-order valence-electron chi connectivity index (χ2n) is 11.6. The molecule has 0 bridgehead atoms. The zero-order valence-electron chi connectivity index (χ0n) is 23.6. The molecular formula is C36H28F2N4O2. The quantitative estimate of drug-likeness (QED) is 0.202. The summed E-state index contributed by atoms with van der Waals surface area (Å²) in [5.41, 5.74) is 4.70. The van der Waals surface area contributed by atoms with Crippen LogP contribution in [0.15, 0.2) is 115 Å². The lowest BCUT2D eigenvalue weighted by Gasteiger charge is -2.50. The van der Waals surface area contributed by atoms with Gasteiger partial charge in [-0.1, -0.05) is 48.5 Å². The fraction of sp³-hybridized carbons (Fsp3) is 0.167. The van der Waals surface area contributed by atoms with Crippen molar-refractivity contribution in [3.05, 3.63) is 144 Å². The van der Waals surface area contributed by atoms with Crippen molar-refractivity contribution in [3.8, 4) is 0 Å². The van der Waals surface area contributed by atoms with Crippen LogP contribution in [-0.4, -0.2) is 29.8 Å². The van der Waals surface area contributed by atoms with Crippen LogP contribution < -0.4 is 10.6 Å². The number of nitrogens with zero attached hydrogens (tertiary/aromatic N) is 2. The van der Waals surface area contributed by atoms with E-state index in [1.807, 2.05) is 66.7 Å². The number of rotatable bonds is 7. The Bertz CT molecular complexity index is 2010.